The van der Waals surface area contributed by atoms with Crippen LogP contribution in [-0.2, 0) is 6.42 Å². The Kier molecular flexibility index (Phi) is 5.25. The normalized spacial score (nSPS) is 10.1. The van der Waals surface area contributed by atoms with Gasteiger partial charge in [-0.05, 0) is 12.0 Å². The Morgan fingerprint density at radius 1 is 1.09 bits per heavy atom. The van der Waals surface area contributed by atoms with Crippen molar-refractivity contribution in [2.24, 2.45) is 0 Å². The lowest BCUT2D eigenvalue weighted by molar-refractivity contribution is 0.0697. The Hall–Kier alpha value is -2.69. The highest BCUT2D eigenvalue weighted by Crippen LogP contribution is 2.33. The van der Waals surface area contributed by atoms with Crippen LogP contribution in [0.2, 0.25) is 0 Å². The fourth-order valence-electron chi connectivity index (χ4n) is 2.19. The lowest BCUT2D eigenvalue weighted by Gasteiger charge is -2.14. The first-order valence-electron chi connectivity index (χ1n) is 6.92. The standard InChI is InChI=1S/C17H19NO4/c1-21-15-10-13(17(19)20)14(11-16(15)22-2)18-9-8-12-6-4-3-5-7-12/h3-7,10-11,18H,8-9H2,1-2H3,(H,19,20). The number of carboxylic acids is 1. The average molecular weight is 301 g/mol. The first-order chi connectivity index (χ1) is 10.7. The monoisotopic (exact) mass is 301 g/mol. The van der Waals surface area contributed by atoms with E-state index < -0.39 is 5.97 Å². The van der Waals surface area contributed by atoms with Gasteiger partial charge in [0, 0.05) is 18.7 Å². The van der Waals surface area contributed by atoms with Crippen molar-refractivity contribution in [1.82, 2.24) is 0 Å². The molecule has 0 atom stereocenters. The van der Waals surface area contributed by atoms with Crippen LogP contribution >= 0.6 is 0 Å². The molecule has 0 aliphatic carbocycles. The number of nitrogens with one attached hydrogen (secondary N) is 1. The first-order valence-corrected chi connectivity index (χ1v) is 6.92. The van der Waals surface area contributed by atoms with Gasteiger partial charge in [-0.1, -0.05) is 30.3 Å². The molecular weight excluding hydrogens is 282 g/mol. The van der Waals surface area contributed by atoms with E-state index in [4.69, 9.17) is 9.47 Å². The highest BCUT2D eigenvalue weighted by Gasteiger charge is 2.15. The molecule has 0 radical (unpaired) electrons. The van der Waals surface area contributed by atoms with E-state index in [0.717, 1.165) is 6.42 Å². The Morgan fingerprint density at radius 3 is 2.32 bits per heavy atom. The fraction of sp³-hybridized carbons (Fsp3) is 0.235. The lowest BCUT2D eigenvalue weighted by atomic mass is 10.1. The Balaban J connectivity index is 2.16. The van der Waals surface area contributed by atoms with Gasteiger partial charge in [0.25, 0.3) is 0 Å². The number of rotatable bonds is 7. The lowest BCUT2D eigenvalue weighted by Crippen LogP contribution is -2.10. The third-order valence-electron chi connectivity index (χ3n) is 3.33. The maximum atomic E-state index is 11.4. The van der Waals surface area contributed by atoms with Crippen LogP contribution in [0.5, 0.6) is 11.5 Å². The highest BCUT2D eigenvalue weighted by molar-refractivity contribution is 5.95. The van der Waals surface area contributed by atoms with Gasteiger partial charge in [0.2, 0.25) is 0 Å². The van der Waals surface area contributed by atoms with E-state index in [0.29, 0.717) is 23.7 Å². The zero-order valence-corrected chi connectivity index (χ0v) is 12.6. The summed E-state index contributed by atoms with van der Waals surface area (Å²) < 4.78 is 10.4. The second-order valence-corrected chi connectivity index (χ2v) is 4.72. The number of carbonyl (C=O) groups is 1. The minimum absolute atomic E-state index is 0.158. The Bertz CT molecular complexity index is 641. The van der Waals surface area contributed by atoms with E-state index >= 15 is 0 Å². The van der Waals surface area contributed by atoms with Gasteiger partial charge in [-0.2, -0.15) is 0 Å². The summed E-state index contributed by atoms with van der Waals surface area (Å²) in [4.78, 5) is 11.4. The topological polar surface area (TPSA) is 67.8 Å². The van der Waals surface area contributed by atoms with E-state index in [1.54, 1.807) is 6.07 Å². The molecule has 0 saturated heterocycles. The second-order valence-electron chi connectivity index (χ2n) is 4.72. The molecule has 2 rings (SSSR count). The number of hydrogen-bond donors (Lipinski definition) is 2. The number of aromatic carboxylic acids is 1. The van der Waals surface area contributed by atoms with E-state index in [1.165, 1.54) is 25.8 Å². The number of anilines is 1. The van der Waals surface area contributed by atoms with Crippen molar-refractivity contribution in [2.75, 3.05) is 26.1 Å². The van der Waals surface area contributed by atoms with Gasteiger partial charge in [0.15, 0.2) is 11.5 Å². The van der Waals surface area contributed by atoms with Gasteiger partial charge in [-0.15, -0.1) is 0 Å². The first kappa shape index (κ1) is 15.7. The smallest absolute Gasteiger partial charge is 0.337 e. The molecule has 0 aliphatic heterocycles. The SMILES string of the molecule is COc1cc(NCCc2ccccc2)c(C(=O)O)cc1OC. The molecule has 2 N–H and O–H groups in total. The van der Waals surface area contributed by atoms with Gasteiger partial charge in [-0.3, -0.25) is 0 Å². The zero-order chi connectivity index (χ0) is 15.9. The van der Waals surface area contributed by atoms with Crippen LogP contribution in [0.3, 0.4) is 0 Å². The molecule has 0 aliphatic rings. The van der Waals surface area contributed by atoms with E-state index in [2.05, 4.69) is 5.32 Å². The predicted molar refractivity (Wildman–Crippen MR) is 85.1 cm³/mol. The molecule has 0 heterocycles. The summed E-state index contributed by atoms with van der Waals surface area (Å²) in [6.07, 6.45) is 0.800. The maximum absolute atomic E-state index is 11.4. The molecule has 116 valence electrons. The molecule has 0 fully saturated rings. The van der Waals surface area contributed by atoms with Gasteiger partial charge in [0.1, 0.15) is 0 Å². The molecule has 5 nitrogen and oxygen atoms in total. The number of benzene rings is 2. The third-order valence-corrected chi connectivity index (χ3v) is 3.33. The van der Waals surface area contributed by atoms with E-state index in [1.807, 2.05) is 30.3 Å². The Labute approximate surface area is 129 Å². The molecule has 0 bridgehead atoms. The quantitative estimate of drug-likeness (QED) is 0.822. The molecule has 22 heavy (non-hydrogen) atoms. The summed E-state index contributed by atoms with van der Waals surface area (Å²) >= 11 is 0. The second kappa shape index (κ2) is 7.36. The number of ether oxygens (including phenoxy) is 2. The van der Waals surface area contributed by atoms with Crippen LogP contribution in [0.1, 0.15) is 15.9 Å². The molecule has 0 saturated carbocycles. The summed E-state index contributed by atoms with van der Waals surface area (Å²) in [5.74, 6) is -0.119. The molecule has 0 amide bonds. The van der Waals surface area contributed by atoms with Crippen LogP contribution in [0.4, 0.5) is 5.69 Å². The minimum Gasteiger partial charge on any atom is -0.493 e. The molecule has 2 aromatic rings. The third kappa shape index (κ3) is 3.69. The van der Waals surface area contributed by atoms with Gasteiger partial charge >= 0.3 is 5.97 Å². The van der Waals surface area contributed by atoms with Crippen LogP contribution < -0.4 is 14.8 Å². The number of methoxy groups -OCH3 is 2. The molecule has 5 heteroatoms. The number of carboxylic acid groups (broad SMARTS) is 1. The summed E-state index contributed by atoms with van der Waals surface area (Å²) in [5.41, 5.74) is 1.86. The Morgan fingerprint density at radius 2 is 1.73 bits per heavy atom. The van der Waals surface area contributed by atoms with Crippen LogP contribution in [0, 0.1) is 0 Å². The van der Waals surface area contributed by atoms with Crippen LogP contribution in [0.15, 0.2) is 42.5 Å². The minimum atomic E-state index is -1.01. The number of hydrogen-bond acceptors (Lipinski definition) is 4. The molecule has 0 aromatic heterocycles. The van der Waals surface area contributed by atoms with E-state index in [9.17, 15) is 9.90 Å². The van der Waals surface area contributed by atoms with Crippen LogP contribution in [-0.4, -0.2) is 31.8 Å². The summed E-state index contributed by atoms with van der Waals surface area (Å²) in [5, 5.41) is 12.5. The van der Waals surface area contributed by atoms with Gasteiger partial charge in [-0.25, -0.2) is 4.79 Å². The predicted octanol–water partition coefficient (Wildman–Crippen LogP) is 3.06. The van der Waals surface area contributed by atoms with E-state index in [-0.39, 0.29) is 5.56 Å². The summed E-state index contributed by atoms with van der Waals surface area (Å²) in [6.45, 7) is 0.625. The van der Waals surface area contributed by atoms with Crippen molar-refractivity contribution in [2.45, 2.75) is 6.42 Å². The highest BCUT2D eigenvalue weighted by atomic mass is 16.5. The average Bonchev–Trinajstić information content (AvgIpc) is 2.55. The molecular formula is C17H19NO4. The van der Waals surface area contributed by atoms with Gasteiger partial charge in [0.05, 0.1) is 25.5 Å². The molecule has 0 unspecified atom stereocenters. The largest absolute Gasteiger partial charge is 0.493 e. The van der Waals surface area contributed by atoms with Crippen molar-refractivity contribution < 1.29 is 19.4 Å². The summed E-state index contributed by atoms with van der Waals surface area (Å²) in [6, 6.07) is 13.1. The van der Waals surface area contributed by atoms with Crippen molar-refractivity contribution in [3.8, 4) is 11.5 Å². The van der Waals surface area contributed by atoms with Gasteiger partial charge < -0.3 is 19.9 Å². The summed E-state index contributed by atoms with van der Waals surface area (Å²) in [7, 11) is 3.00. The zero-order valence-electron chi connectivity index (χ0n) is 12.6. The maximum Gasteiger partial charge on any atom is 0.337 e. The van der Waals surface area contributed by atoms with Crippen molar-refractivity contribution in [1.29, 1.82) is 0 Å². The molecule has 2 aromatic carbocycles. The van der Waals surface area contributed by atoms with Crippen molar-refractivity contribution in [3.05, 3.63) is 53.6 Å². The van der Waals surface area contributed by atoms with Crippen LogP contribution in [0.25, 0.3) is 0 Å². The molecule has 0 spiro atoms. The van der Waals surface area contributed by atoms with Crippen molar-refractivity contribution >= 4 is 11.7 Å². The van der Waals surface area contributed by atoms with Crippen molar-refractivity contribution in [3.63, 3.8) is 0 Å². The fourth-order valence-corrected chi connectivity index (χ4v) is 2.19.